The van der Waals surface area contributed by atoms with E-state index < -0.39 is 17.7 Å². The molecule has 0 spiro atoms. The topological polar surface area (TPSA) is 12.9 Å². The van der Waals surface area contributed by atoms with Crippen LogP contribution in [0.2, 0.25) is 0 Å². The molecule has 0 N–H and O–H groups in total. The Labute approximate surface area is 78.8 Å². The molecule has 1 nitrogen and oxygen atoms in total. The van der Waals surface area contributed by atoms with Crippen molar-refractivity contribution in [1.82, 2.24) is 4.98 Å². The van der Waals surface area contributed by atoms with Gasteiger partial charge in [-0.05, 0) is 17.5 Å². The maximum atomic E-state index is 12.9. The SMILES string of the molecule is CC(C)c1cnc(C(F)(F)F)c(F)c1. The van der Waals surface area contributed by atoms with Crippen molar-refractivity contribution in [1.29, 1.82) is 0 Å². The summed E-state index contributed by atoms with van der Waals surface area (Å²) in [5.41, 5.74) is -1.00. The zero-order valence-electron chi connectivity index (χ0n) is 7.69. The summed E-state index contributed by atoms with van der Waals surface area (Å²) in [4.78, 5) is 3.07. The molecule has 1 aromatic rings. The first-order valence-electron chi connectivity index (χ1n) is 4.05. The lowest BCUT2D eigenvalue weighted by molar-refractivity contribution is -0.143. The quantitative estimate of drug-likeness (QED) is 0.643. The van der Waals surface area contributed by atoms with Crippen LogP contribution in [0, 0.1) is 5.82 Å². The highest BCUT2D eigenvalue weighted by Gasteiger charge is 2.36. The van der Waals surface area contributed by atoms with Crippen molar-refractivity contribution in [2.75, 3.05) is 0 Å². The Kier molecular flexibility index (Phi) is 2.78. The fourth-order valence-corrected chi connectivity index (χ4v) is 0.977. The fraction of sp³-hybridized carbons (Fsp3) is 0.444. The number of nitrogens with zero attached hydrogens (tertiary/aromatic N) is 1. The number of halogens is 4. The third kappa shape index (κ3) is 2.21. The zero-order chi connectivity index (χ0) is 10.9. The van der Waals surface area contributed by atoms with E-state index in [2.05, 4.69) is 4.98 Å². The Bertz CT molecular complexity index is 330. The molecule has 0 radical (unpaired) electrons. The van der Waals surface area contributed by atoms with Crippen LogP contribution in [-0.4, -0.2) is 4.98 Å². The minimum Gasteiger partial charge on any atom is -0.249 e. The Hall–Kier alpha value is -1.13. The highest BCUT2D eigenvalue weighted by atomic mass is 19.4. The molecule has 0 aliphatic heterocycles. The van der Waals surface area contributed by atoms with Crippen LogP contribution in [0.3, 0.4) is 0 Å². The molecule has 0 atom stereocenters. The van der Waals surface area contributed by atoms with E-state index in [1.54, 1.807) is 13.8 Å². The molecule has 0 aliphatic rings. The molecule has 0 aromatic carbocycles. The minimum atomic E-state index is -4.72. The van der Waals surface area contributed by atoms with Crippen LogP contribution in [0.25, 0.3) is 0 Å². The summed E-state index contributed by atoms with van der Waals surface area (Å²) in [5.74, 6) is -1.36. The average Bonchev–Trinajstić information content (AvgIpc) is 2.01. The molecule has 0 unspecified atom stereocenters. The monoisotopic (exact) mass is 207 g/mol. The molecular weight excluding hydrogens is 198 g/mol. The molecule has 5 heteroatoms. The molecular formula is C9H9F4N. The van der Waals surface area contributed by atoms with Gasteiger partial charge in [-0.1, -0.05) is 13.8 Å². The van der Waals surface area contributed by atoms with E-state index in [-0.39, 0.29) is 5.92 Å². The lowest BCUT2D eigenvalue weighted by Crippen LogP contribution is -2.11. The summed E-state index contributed by atoms with van der Waals surface area (Å²) in [6.45, 7) is 3.51. The van der Waals surface area contributed by atoms with E-state index in [0.717, 1.165) is 12.3 Å². The van der Waals surface area contributed by atoms with Crippen molar-refractivity contribution in [3.05, 3.63) is 29.3 Å². The van der Waals surface area contributed by atoms with Crippen molar-refractivity contribution < 1.29 is 17.6 Å². The van der Waals surface area contributed by atoms with E-state index in [9.17, 15) is 17.6 Å². The first kappa shape index (κ1) is 10.9. The van der Waals surface area contributed by atoms with Gasteiger partial charge in [-0.3, -0.25) is 0 Å². The van der Waals surface area contributed by atoms with Crippen LogP contribution in [0.4, 0.5) is 17.6 Å². The Morgan fingerprint density at radius 3 is 2.21 bits per heavy atom. The van der Waals surface area contributed by atoms with Gasteiger partial charge in [-0.25, -0.2) is 9.37 Å². The highest BCUT2D eigenvalue weighted by molar-refractivity contribution is 5.20. The lowest BCUT2D eigenvalue weighted by atomic mass is 10.1. The maximum Gasteiger partial charge on any atom is 0.436 e. The Morgan fingerprint density at radius 1 is 1.29 bits per heavy atom. The maximum absolute atomic E-state index is 12.9. The van der Waals surface area contributed by atoms with Gasteiger partial charge in [-0.15, -0.1) is 0 Å². The standard InChI is InChI=1S/C9H9F4N/c1-5(2)6-3-7(10)8(14-4-6)9(11,12)13/h3-5H,1-2H3. The first-order valence-corrected chi connectivity index (χ1v) is 4.05. The molecule has 0 amide bonds. The van der Waals surface area contributed by atoms with Crippen molar-refractivity contribution in [3.8, 4) is 0 Å². The van der Waals surface area contributed by atoms with Crippen LogP contribution >= 0.6 is 0 Å². The molecule has 0 aliphatic carbocycles. The third-order valence-electron chi connectivity index (χ3n) is 1.80. The average molecular weight is 207 g/mol. The summed E-state index contributed by atoms with van der Waals surface area (Å²) in [7, 11) is 0. The van der Waals surface area contributed by atoms with Crippen LogP contribution in [0.5, 0.6) is 0 Å². The summed E-state index contributed by atoms with van der Waals surface area (Å²) in [6.07, 6.45) is -3.67. The summed E-state index contributed by atoms with van der Waals surface area (Å²) >= 11 is 0. The molecule has 0 saturated carbocycles. The predicted octanol–water partition coefficient (Wildman–Crippen LogP) is 3.36. The number of rotatable bonds is 1. The molecule has 0 saturated heterocycles. The molecule has 0 bridgehead atoms. The molecule has 14 heavy (non-hydrogen) atoms. The van der Waals surface area contributed by atoms with Crippen molar-refractivity contribution in [3.63, 3.8) is 0 Å². The Balaban J connectivity index is 3.15. The number of alkyl halides is 3. The van der Waals surface area contributed by atoms with Crippen LogP contribution in [0.1, 0.15) is 31.0 Å². The normalized spacial score (nSPS) is 12.2. The largest absolute Gasteiger partial charge is 0.436 e. The van der Waals surface area contributed by atoms with Crippen LogP contribution < -0.4 is 0 Å². The summed E-state index contributed by atoms with van der Waals surface area (Å²) in [6, 6.07) is 0.875. The summed E-state index contributed by atoms with van der Waals surface area (Å²) < 4.78 is 49.2. The van der Waals surface area contributed by atoms with E-state index in [0.29, 0.717) is 5.56 Å². The van der Waals surface area contributed by atoms with Crippen molar-refractivity contribution in [2.45, 2.75) is 25.9 Å². The van der Waals surface area contributed by atoms with Gasteiger partial charge >= 0.3 is 6.18 Å². The Morgan fingerprint density at radius 2 is 1.86 bits per heavy atom. The van der Waals surface area contributed by atoms with Gasteiger partial charge in [0, 0.05) is 6.20 Å². The number of hydrogen-bond acceptors (Lipinski definition) is 1. The van der Waals surface area contributed by atoms with Crippen molar-refractivity contribution >= 4 is 0 Å². The third-order valence-corrected chi connectivity index (χ3v) is 1.80. The van der Waals surface area contributed by atoms with Crippen molar-refractivity contribution in [2.24, 2.45) is 0 Å². The van der Waals surface area contributed by atoms with E-state index in [1.165, 1.54) is 0 Å². The zero-order valence-corrected chi connectivity index (χ0v) is 7.69. The second-order valence-electron chi connectivity index (χ2n) is 3.25. The van der Waals surface area contributed by atoms with Gasteiger partial charge < -0.3 is 0 Å². The second kappa shape index (κ2) is 3.55. The molecule has 1 heterocycles. The van der Waals surface area contributed by atoms with Crippen LogP contribution in [-0.2, 0) is 6.18 Å². The number of pyridine rings is 1. The highest BCUT2D eigenvalue weighted by Crippen LogP contribution is 2.30. The number of hydrogen-bond donors (Lipinski definition) is 0. The predicted molar refractivity (Wildman–Crippen MR) is 43.3 cm³/mol. The molecule has 1 rings (SSSR count). The number of aromatic nitrogens is 1. The van der Waals surface area contributed by atoms with Gasteiger partial charge in [-0.2, -0.15) is 13.2 Å². The first-order chi connectivity index (χ1) is 6.32. The minimum absolute atomic E-state index is 0.0423. The van der Waals surface area contributed by atoms with E-state index >= 15 is 0 Å². The van der Waals surface area contributed by atoms with Crippen LogP contribution in [0.15, 0.2) is 12.3 Å². The molecule has 1 aromatic heterocycles. The molecule has 78 valence electrons. The van der Waals surface area contributed by atoms with Gasteiger partial charge in [0.05, 0.1) is 0 Å². The molecule has 0 fully saturated rings. The van der Waals surface area contributed by atoms with Gasteiger partial charge in [0.1, 0.15) is 0 Å². The lowest BCUT2D eigenvalue weighted by Gasteiger charge is -2.09. The smallest absolute Gasteiger partial charge is 0.249 e. The fourth-order valence-electron chi connectivity index (χ4n) is 0.977. The van der Waals surface area contributed by atoms with Gasteiger partial charge in [0.2, 0.25) is 0 Å². The second-order valence-corrected chi connectivity index (χ2v) is 3.25. The summed E-state index contributed by atoms with van der Waals surface area (Å²) in [5, 5.41) is 0. The van der Waals surface area contributed by atoms with Gasteiger partial charge in [0.25, 0.3) is 0 Å². The van der Waals surface area contributed by atoms with E-state index in [4.69, 9.17) is 0 Å². The van der Waals surface area contributed by atoms with E-state index in [1.807, 2.05) is 0 Å². The van der Waals surface area contributed by atoms with Gasteiger partial charge in [0.15, 0.2) is 11.5 Å².